The summed E-state index contributed by atoms with van der Waals surface area (Å²) in [6.45, 7) is -0.102. The Labute approximate surface area is 89.2 Å². The van der Waals surface area contributed by atoms with E-state index < -0.39 is 5.54 Å². The van der Waals surface area contributed by atoms with E-state index >= 15 is 0 Å². The van der Waals surface area contributed by atoms with E-state index in [-0.39, 0.29) is 19.8 Å². The van der Waals surface area contributed by atoms with E-state index in [1.165, 1.54) is 0 Å². The van der Waals surface area contributed by atoms with Crippen molar-refractivity contribution in [1.82, 2.24) is 0 Å². The number of hydrogen-bond donors (Lipinski definition) is 4. The predicted octanol–water partition coefficient (Wildman–Crippen LogP) is -1.53. The summed E-state index contributed by atoms with van der Waals surface area (Å²) >= 11 is 0. The quantitative estimate of drug-likeness (QED) is 0.462. The number of rotatable bonds is 6. The monoisotopic (exact) mass is 212 g/mol. The van der Waals surface area contributed by atoms with Crippen LogP contribution >= 0.6 is 0 Å². The SMILES string of the molecule is OCC(CO)(CO)[NH2+]Cc1ccccc1. The largest absolute Gasteiger partial charge is 0.390 e. The molecule has 5 N–H and O–H groups in total. The van der Waals surface area contributed by atoms with Gasteiger partial charge in [-0.2, -0.15) is 0 Å². The molecule has 0 unspecified atom stereocenters. The molecule has 0 bridgehead atoms. The lowest BCUT2D eigenvalue weighted by Gasteiger charge is -2.25. The topological polar surface area (TPSA) is 77.3 Å². The maximum absolute atomic E-state index is 9.10. The standard InChI is InChI=1S/C11H17NO3/c13-7-11(8-14,9-15)12-6-10-4-2-1-3-5-10/h1-5,12-15H,6-9H2/p+1. The van der Waals surface area contributed by atoms with Crippen LogP contribution in [0.2, 0.25) is 0 Å². The molecule has 0 saturated carbocycles. The van der Waals surface area contributed by atoms with Crippen molar-refractivity contribution in [3.8, 4) is 0 Å². The van der Waals surface area contributed by atoms with Gasteiger partial charge in [-0.3, -0.25) is 0 Å². The highest BCUT2D eigenvalue weighted by Gasteiger charge is 2.31. The van der Waals surface area contributed by atoms with Crippen molar-refractivity contribution < 1.29 is 20.6 Å². The van der Waals surface area contributed by atoms with Gasteiger partial charge in [0.25, 0.3) is 0 Å². The number of quaternary nitrogens is 1. The van der Waals surface area contributed by atoms with Crippen LogP contribution in [0.1, 0.15) is 5.56 Å². The third-order valence-electron chi connectivity index (χ3n) is 2.56. The van der Waals surface area contributed by atoms with Crippen LogP contribution in [0.25, 0.3) is 0 Å². The molecule has 0 spiro atoms. The van der Waals surface area contributed by atoms with Crippen molar-refractivity contribution in [1.29, 1.82) is 0 Å². The molecule has 0 saturated heterocycles. The first kappa shape index (κ1) is 12.1. The molecule has 1 aromatic rings. The second-order valence-electron chi connectivity index (χ2n) is 3.73. The van der Waals surface area contributed by atoms with E-state index in [9.17, 15) is 0 Å². The maximum Gasteiger partial charge on any atom is 0.166 e. The second-order valence-corrected chi connectivity index (χ2v) is 3.73. The summed E-state index contributed by atoms with van der Waals surface area (Å²) in [7, 11) is 0. The van der Waals surface area contributed by atoms with E-state index in [2.05, 4.69) is 0 Å². The van der Waals surface area contributed by atoms with Gasteiger partial charge in [-0.05, 0) is 0 Å². The minimum atomic E-state index is -0.879. The minimum absolute atomic E-state index is 0.243. The molecule has 4 heteroatoms. The van der Waals surface area contributed by atoms with Gasteiger partial charge >= 0.3 is 0 Å². The highest BCUT2D eigenvalue weighted by atomic mass is 16.3. The maximum atomic E-state index is 9.10. The molecular weight excluding hydrogens is 194 g/mol. The zero-order valence-electron chi connectivity index (χ0n) is 8.63. The van der Waals surface area contributed by atoms with E-state index in [4.69, 9.17) is 15.3 Å². The molecule has 0 heterocycles. The molecule has 1 aromatic carbocycles. The normalized spacial score (nSPS) is 11.7. The zero-order valence-corrected chi connectivity index (χ0v) is 8.63. The van der Waals surface area contributed by atoms with Crippen LogP contribution in [0, 0.1) is 0 Å². The van der Waals surface area contributed by atoms with Crippen LogP contribution in [0.5, 0.6) is 0 Å². The Morgan fingerprint density at radius 2 is 1.47 bits per heavy atom. The zero-order chi connectivity index (χ0) is 11.1. The molecule has 1 rings (SSSR count). The lowest BCUT2D eigenvalue weighted by atomic mass is 10.0. The molecule has 0 fully saturated rings. The molecule has 0 aromatic heterocycles. The Bertz CT molecular complexity index is 264. The van der Waals surface area contributed by atoms with Crippen LogP contribution in [0.15, 0.2) is 30.3 Å². The van der Waals surface area contributed by atoms with Gasteiger partial charge in [0.05, 0.1) is 0 Å². The van der Waals surface area contributed by atoms with Crippen LogP contribution in [0.4, 0.5) is 0 Å². The number of aliphatic hydroxyl groups excluding tert-OH is 3. The summed E-state index contributed by atoms with van der Waals surface area (Å²) in [5.74, 6) is 0. The van der Waals surface area contributed by atoms with E-state index in [1.54, 1.807) is 5.32 Å². The molecule has 0 aliphatic carbocycles. The predicted molar refractivity (Wildman–Crippen MR) is 56.1 cm³/mol. The number of nitrogens with two attached hydrogens (primary N) is 1. The van der Waals surface area contributed by atoms with Crippen molar-refractivity contribution in [3.63, 3.8) is 0 Å². The molecule has 0 aliphatic rings. The first-order valence-corrected chi connectivity index (χ1v) is 4.97. The van der Waals surface area contributed by atoms with Gasteiger partial charge in [-0.25, -0.2) is 0 Å². The second kappa shape index (κ2) is 5.82. The molecular formula is C11H18NO3+. The van der Waals surface area contributed by atoms with Gasteiger partial charge in [0.1, 0.15) is 26.4 Å². The van der Waals surface area contributed by atoms with Gasteiger partial charge in [-0.15, -0.1) is 0 Å². The fraction of sp³-hybridized carbons (Fsp3) is 0.455. The van der Waals surface area contributed by atoms with Gasteiger partial charge in [0, 0.05) is 5.56 Å². The summed E-state index contributed by atoms with van der Waals surface area (Å²) in [4.78, 5) is 0. The lowest BCUT2D eigenvalue weighted by molar-refractivity contribution is -0.746. The van der Waals surface area contributed by atoms with Crippen molar-refractivity contribution >= 4 is 0 Å². The van der Waals surface area contributed by atoms with Crippen LogP contribution < -0.4 is 5.32 Å². The lowest BCUT2D eigenvalue weighted by Crippen LogP contribution is -2.99. The molecule has 0 radical (unpaired) electrons. The number of hydrogen-bond acceptors (Lipinski definition) is 3. The van der Waals surface area contributed by atoms with Gasteiger partial charge in [0.2, 0.25) is 0 Å². The fourth-order valence-corrected chi connectivity index (χ4v) is 1.29. The highest BCUT2D eigenvalue weighted by molar-refractivity contribution is 5.13. The molecule has 0 atom stereocenters. The Hall–Kier alpha value is -0.940. The number of benzene rings is 1. The third kappa shape index (κ3) is 3.28. The van der Waals surface area contributed by atoms with E-state index in [1.807, 2.05) is 30.3 Å². The molecule has 84 valence electrons. The Morgan fingerprint density at radius 1 is 0.933 bits per heavy atom. The summed E-state index contributed by atoms with van der Waals surface area (Å²) in [6, 6.07) is 9.73. The van der Waals surface area contributed by atoms with Gasteiger partial charge in [0.15, 0.2) is 5.54 Å². The average Bonchev–Trinajstić information content (AvgIpc) is 2.33. The summed E-state index contributed by atoms with van der Waals surface area (Å²) < 4.78 is 0. The average molecular weight is 212 g/mol. The molecule has 0 aliphatic heterocycles. The van der Waals surface area contributed by atoms with Crippen LogP contribution in [0.3, 0.4) is 0 Å². The Morgan fingerprint density at radius 3 is 1.93 bits per heavy atom. The van der Waals surface area contributed by atoms with Crippen LogP contribution in [-0.2, 0) is 6.54 Å². The molecule has 15 heavy (non-hydrogen) atoms. The molecule has 0 amide bonds. The highest BCUT2D eigenvalue weighted by Crippen LogP contribution is 1.98. The van der Waals surface area contributed by atoms with Crippen LogP contribution in [-0.4, -0.2) is 40.7 Å². The van der Waals surface area contributed by atoms with Gasteiger partial charge < -0.3 is 20.6 Å². The van der Waals surface area contributed by atoms with Crippen molar-refractivity contribution in [3.05, 3.63) is 35.9 Å². The third-order valence-corrected chi connectivity index (χ3v) is 2.56. The van der Waals surface area contributed by atoms with Crippen molar-refractivity contribution in [2.45, 2.75) is 12.1 Å². The Kier molecular flexibility index (Phi) is 4.71. The first-order valence-electron chi connectivity index (χ1n) is 4.97. The summed E-state index contributed by atoms with van der Waals surface area (Å²) in [5, 5.41) is 29.1. The van der Waals surface area contributed by atoms with E-state index in [0.717, 1.165) is 5.56 Å². The van der Waals surface area contributed by atoms with E-state index in [0.29, 0.717) is 6.54 Å². The fourth-order valence-electron chi connectivity index (χ4n) is 1.29. The Balaban J connectivity index is 2.54. The smallest absolute Gasteiger partial charge is 0.166 e. The summed E-state index contributed by atoms with van der Waals surface area (Å²) in [5.41, 5.74) is 0.216. The number of aliphatic hydroxyl groups is 3. The van der Waals surface area contributed by atoms with Gasteiger partial charge in [-0.1, -0.05) is 30.3 Å². The summed E-state index contributed by atoms with van der Waals surface area (Å²) in [6.07, 6.45) is 0. The van der Waals surface area contributed by atoms with Crippen molar-refractivity contribution in [2.75, 3.05) is 19.8 Å². The van der Waals surface area contributed by atoms with Crippen molar-refractivity contribution in [2.24, 2.45) is 0 Å². The minimum Gasteiger partial charge on any atom is -0.390 e. The molecule has 4 nitrogen and oxygen atoms in total. The first-order chi connectivity index (χ1) is 7.26.